The van der Waals surface area contributed by atoms with Crippen LogP contribution in [0.25, 0.3) is 0 Å². The summed E-state index contributed by atoms with van der Waals surface area (Å²) in [6.07, 6.45) is 2.58. The molecule has 0 atom stereocenters. The van der Waals surface area contributed by atoms with Crippen LogP contribution in [0.3, 0.4) is 0 Å². The van der Waals surface area contributed by atoms with E-state index in [1.54, 1.807) is 24.3 Å². The minimum Gasteiger partial charge on any atom is -0.333 e. The maximum absolute atomic E-state index is 11.6. The van der Waals surface area contributed by atoms with Gasteiger partial charge in [-0.2, -0.15) is 0 Å². The van der Waals surface area contributed by atoms with Crippen molar-refractivity contribution in [3.05, 3.63) is 68.0 Å². The fraction of sp³-hybridized carbons (Fsp3) is 0. The SMILES string of the molecule is O=[N+]([O-])c1c(Nc2ccc(Cl)cn2)ncnc1Nc1cc(Cl)ccc1Cl. The molecule has 8 nitrogen and oxygen atoms in total. The van der Waals surface area contributed by atoms with Gasteiger partial charge in [0.15, 0.2) is 0 Å². The summed E-state index contributed by atoms with van der Waals surface area (Å²) in [5.74, 6) is 0.244. The molecule has 0 saturated carbocycles. The van der Waals surface area contributed by atoms with Gasteiger partial charge >= 0.3 is 5.69 Å². The normalized spacial score (nSPS) is 10.4. The van der Waals surface area contributed by atoms with E-state index in [-0.39, 0.29) is 17.3 Å². The average molecular weight is 412 g/mol. The number of hydrogen-bond acceptors (Lipinski definition) is 7. The van der Waals surface area contributed by atoms with Crippen LogP contribution in [-0.2, 0) is 0 Å². The molecule has 0 unspecified atom stereocenters. The first-order valence-corrected chi connectivity index (χ1v) is 8.17. The van der Waals surface area contributed by atoms with Gasteiger partial charge in [0.1, 0.15) is 12.1 Å². The first kappa shape index (κ1) is 18.1. The first-order chi connectivity index (χ1) is 12.4. The summed E-state index contributed by atoms with van der Waals surface area (Å²) < 4.78 is 0. The van der Waals surface area contributed by atoms with Crippen molar-refractivity contribution in [2.24, 2.45) is 0 Å². The number of rotatable bonds is 5. The Morgan fingerprint density at radius 1 is 0.923 bits per heavy atom. The Morgan fingerprint density at radius 2 is 1.62 bits per heavy atom. The van der Waals surface area contributed by atoms with Crippen molar-refractivity contribution < 1.29 is 4.92 Å². The van der Waals surface area contributed by atoms with E-state index in [0.717, 1.165) is 0 Å². The van der Waals surface area contributed by atoms with Crippen molar-refractivity contribution in [1.29, 1.82) is 0 Å². The summed E-state index contributed by atoms with van der Waals surface area (Å²) in [6.45, 7) is 0. The van der Waals surface area contributed by atoms with Gasteiger partial charge in [0.2, 0.25) is 11.6 Å². The van der Waals surface area contributed by atoms with E-state index in [9.17, 15) is 10.1 Å². The lowest BCUT2D eigenvalue weighted by Crippen LogP contribution is -2.06. The molecule has 11 heteroatoms. The molecule has 132 valence electrons. The summed E-state index contributed by atoms with van der Waals surface area (Å²) in [5.41, 5.74) is -0.00294. The zero-order chi connectivity index (χ0) is 18.7. The number of pyridine rings is 1. The second kappa shape index (κ2) is 7.69. The monoisotopic (exact) mass is 410 g/mol. The Hall–Kier alpha value is -2.68. The van der Waals surface area contributed by atoms with Crippen molar-refractivity contribution in [3.63, 3.8) is 0 Å². The third kappa shape index (κ3) is 4.10. The molecule has 2 aromatic heterocycles. The van der Waals surface area contributed by atoms with Crippen molar-refractivity contribution >= 4 is 63.6 Å². The summed E-state index contributed by atoms with van der Waals surface area (Å²) in [6, 6.07) is 7.85. The minimum absolute atomic E-state index is 0.0412. The van der Waals surface area contributed by atoms with E-state index < -0.39 is 4.92 Å². The number of halogens is 3. The molecule has 1 aromatic carbocycles. The largest absolute Gasteiger partial charge is 0.353 e. The highest BCUT2D eigenvalue weighted by Crippen LogP contribution is 2.35. The topological polar surface area (TPSA) is 106 Å². The quantitative estimate of drug-likeness (QED) is 0.437. The Balaban J connectivity index is 1.99. The minimum atomic E-state index is -0.612. The summed E-state index contributed by atoms with van der Waals surface area (Å²) >= 11 is 17.8. The van der Waals surface area contributed by atoms with Gasteiger partial charge in [0, 0.05) is 11.2 Å². The zero-order valence-corrected chi connectivity index (χ0v) is 15.0. The molecule has 0 saturated heterocycles. The van der Waals surface area contributed by atoms with Crippen molar-refractivity contribution in [2.45, 2.75) is 0 Å². The van der Waals surface area contributed by atoms with Crippen molar-refractivity contribution in [3.8, 4) is 0 Å². The van der Waals surface area contributed by atoms with Gasteiger partial charge in [-0.3, -0.25) is 10.1 Å². The molecule has 0 aliphatic heterocycles. The van der Waals surface area contributed by atoms with Gasteiger partial charge in [-0.1, -0.05) is 34.8 Å². The van der Waals surface area contributed by atoms with E-state index in [1.165, 1.54) is 18.6 Å². The third-order valence-corrected chi connectivity index (χ3v) is 3.95. The molecular weight excluding hydrogens is 403 g/mol. The smallest absolute Gasteiger partial charge is 0.333 e. The lowest BCUT2D eigenvalue weighted by molar-refractivity contribution is -0.383. The number of nitrogens with zero attached hydrogens (tertiary/aromatic N) is 4. The molecule has 0 amide bonds. The first-order valence-electron chi connectivity index (χ1n) is 7.04. The number of benzene rings is 1. The molecule has 0 radical (unpaired) electrons. The fourth-order valence-corrected chi connectivity index (χ4v) is 2.48. The van der Waals surface area contributed by atoms with Crippen LogP contribution in [0.2, 0.25) is 15.1 Å². The third-order valence-electron chi connectivity index (χ3n) is 3.16. The molecule has 0 aliphatic carbocycles. The van der Waals surface area contributed by atoms with E-state index >= 15 is 0 Å². The fourth-order valence-electron chi connectivity index (χ4n) is 2.03. The summed E-state index contributed by atoms with van der Waals surface area (Å²) in [5, 5.41) is 18.3. The Labute approximate surface area is 162 Å². The number of aromatic nitrogens is 3. The molecule has 0 spiro atoms. The Kier molecular flexibility index (Phi) is 5.36. The second-order valence-electron chi connectivity index (χ2n) is 4.91. The van der Waals surface area contributed by atoms with Gasteiger partial charge in [-0.15, -0.1) is 0 Å². The van der Waals surface area contributed by atoms with Crippen molar-refractivity contribution in [2.75, 3.05) is 10.6 Å². The molecule has 2 heterocycles. The zero-order valence-electron chi connectivity index (χ0n) is 12.8. The van der Waals surface area contributed by atoms with Gasteiger partial charge in [0.25, 0.3) is 0 Å². The van der Waals surface area contributed by atoms with E-state index in [1.807, 2.05) is 0 Å². The molecule has 2 N–H and O–H groups in total. The van der Waals surface area contributed by atoms with E-state index in [0.29, 0.717) is 26.6 Å². The number of nitrogens with one attached hydrogen (secondary N) is 2. The Bertz CT molecular complexity index is 968. The van der Waals surface area contributed by atoms with E-state index in [2.05, 4.69) is 25.6 Å². The number of hydrogen-bond donors (Lipinski definition) is 2. The summed E-state index contributed by atoms with van der Waals surface area (Å²) in [4.78, 5) is 22.8. The van der Waals surface area contributed by atoms with Gasteiger partial charge < -0.3 is 10.6 Å². The molecule has 0 bridgehead atoms. The second-order valence-corrected chi connectivity index (χ2v) is 6.19. The van der Waals surface area contributed by atoms with Crippen LogP contribution in [0.15, 0.2) is 42.9 Å². The summed E-state index contributed by atoms with van der Waals surface area (Å²) in [7, 11) is 0. The van der Waals surface area contributed by atoms with Crippen LogP contribution in [0.5, 0.6) is 0 Å². The van der Waals surface area contributed by atoms with Gasteiger partial charge in [-0.05, 0) is 30.3 Å². The van der Waals surface area contributed by atoms with Gasteiger partial charge in [-0.25, -0.2) is 15.0 Å². The van der Waals surface area contributed by atoms with Crippen LogP contribution in [0.1, 0.15) is 0 Å². The number of nitro groups is 1. The van der Waals surface area contributed by atoms with Crippen LogP contribution >= 0.6 is 34.8 Å². The van der Waals surface area contributed by atoms with Crippen molar-refractivity contribution in [1.82, 2.24) is 15.0 Å². The molecule has 26 heavy (non-hydrogen) atoms. The molecular formula is C15H9Cl3N6O2. The molecule has 0 fully saturated rings. The van der Waals surface area contributed by atoms with E-state index in [4.69, 9.17) is 34.8 Å². The molecule has 3 rings (SSSR count). The maximum atomic E-state index is 11.6. The highest BCUT2D eigenvalue weighted by molar-refractivity contribution is 6.35. The highest BCUT2D eigenvalue weighted by Gasteiger charge is 2.24. The Morgan fingerprint density at radius 3 is 2.27 bits per heavy atom. The molecule has 3 aromatic rings. The molecule has 0 aliphatic rings. The maximum Gasteiger partial charge on any atom is 0.353 e. The van der Waals surface area contributed by atoms with Gasteiger partial charge in [0.05, 0.1) is 20.7 Å². The predicted molar refractivity (Wildman–Crippen MR) is 101 cm³/mol. The lowest BCUT2D eigenvalue weighted by atomic mass is 10.3. The van der Waals surface area contributed by atoms with Crippen LogP contribution in [0, 0.1) is 10.1 Å². The average Bonchev–Trinajstić information content (AvgIpc) is 2.60. The predicted octanol–water partition coefficient (Wildman–Crippen LogP) is 5.23. The standard InChI is InChI=1S/C15H9Cl3N6O2/c16-8-1-3-10(18)11(5-8)22-14-13(24(25)26)15(21-7-20-14)23-12-4-2-9(17)6-19-12/h1-7H,(H2,19,20,21,22,23). The highest BCUT2D eigenvalue weighted by atomic mass is 35.5. The van der Waals surface area contributed by atoms with Crippen LogP contribution in [-0.4, -0.2) is 19.9 Å². The van der Waals surface area contributed by atoms with Crippen LogP contribution in [0.4, 0.5) is 28.8 Å². The van der Waals surface area contributed by atoms with Crippen LogP contribution < -0.4 is 10.6 Å². The number of anilines is 4. The lowest BCUT2D eigenvalue weighted by Gasteiger charge is -2.11.